The number of amides is 2. The molecule has 0 bridgehead atoms. The van der Waals surface area contributed by atoms with Gasteiger partial charge >= 0.3 is 12.1 Å². The van der Waals surface area contributed by atoms with E-state index in [9.17, 15) is 38.1 Å². The van der Waals surface area contributed by atoms with Crippen LogP contribution in [0, 0.1) is 0 Å². The van der Waals surface area contributed by atoms with E-state index in [2.05, 4.69) is 5.32 Å². The molecule has 138 valence electrons. The minimum Gasteiger partial charge on any atom is -0.504 e. The third-order valence-corrected chi connectivity index (χ3v) is 3.23. The number of aromatic hydroxyl groups is 3. The first-order valence-electron chi connectivity index (χ1n) is 7.08. The maximum absolute atomic E-state index is 12.2. The molecule has 2 rings (SSSR count). The number of carbonyl (C=O) groups is 2. The molecule has 0 aliphatic rings. The summed E-state index contributed by atoms with van der Waals surface area (Å²) in [6.45, 7) is -0.400. The maximum Gasteiger partial charge on any atom is 0.471 e. The summed E-state index contributed by atoms with van der Waals surface area (Å²) in [5, 5.41) is 32.2. The van der Waals surface area contributed by atoms with Crippen LogP contribution in [-0.4, -0.2) is 33.3 Å². The average Bonchev–Trinajstić information content (AvgIpc) is 2.56. The van der Waals surface area contributed by atoms with E-state index in [0.717, 1.165) is 12.1 Å². The second-order valence-corrected chi connectivity index (χ2v) is 5.20. The van der Waals surface area contributed by atoms with Crippen LogP contribution in [0.2, 0.25) is 0 Å². The van der Waals surface area contributed by atoms with E-state index in [1.54, 1.807) is 5.32 Å². The molecular weight excluding hydrogens is 357 g/mol. The lowest BCUT2D eigenvalue weighted by Crippen LogP contribution is -2.36. The van der Waals surface area contributed by atoms with Crippen LogP contribution >= 0.6 is 0 Å². The minimum atomic E-state index is -4.99. The maximum atomic E-state index is 12.2. The van der Waals surface area contributed by atoms with Crippen molar-refractivity contribution >= 4 is 17.5 Å². The molecule has 2 aromatic rings. The fourth-order valence-electron chi connectivity index (χ4n) is 1.98. The molecular formula is C16H13F3N2O5. The lowest BCUT2D eigenvalue weighted by molar-refractivity contribution is -0.173. The topological polar surface area (TPSA) is 119 Å². The van der Waals surface area contributed by atoms with Gasteiger partial charge in [0.05, 0.1) is 0 Å². The molecule has 7 nitrogen and oxygen atoms in total. The van der Waals surface area contributed by atoms with E-state index in [1.165, 1.54) is 24.3 Å². The quantitative estimate of drug-likeness (QED) is 0.529. The first-order valence-corrected chi connectivity index (χ1v) is 7.08. The number of alkyl halides is 3. The van der Waals surface area contributed by atoms with Gasteiger partial charge in [-0.3, -0.25) is 9.59 Å². The highest BCUT2D eigenvalue weighted by Gasteiger charge is 2.38. The van der Waals surface area contributed by atoms with Crippen LogP contribution in [0.25, 0.3) is 0 Å². The molecule has 0 saturated carbocycles. The second-order valence-electron chi connectivity index (χ2n) is 5.20. The summed E-state index contributed by atoms with van der Waals surface area (Å²) < 4.78 is 36.5. The van der Waals surface area contributed by atoms with E-state index >= 15 is 0 Å². The summed E-state index contributed by atoms with van der Waals surface area (Å²) in [5.74, 6) is -4.99. The average molecular weight is 370 g/mol. The predicted molar refractivity (Wildman–Crippen MR) is 83.7 cm³/mol. The van der Waals surface area contributed by atoms with Gasteiger partial charge in [0.1, 0.15) is 0 Å². The smallest absolute Gasteiger partial charge is 0.471 e. The molecule has 0 atom stereocenters. The fourth-order valence-corrected chi connectivity index (χ4v) is 1.98. The number of halogens is 3. The zero-order chi connectivity index (χ0) is 19.5. The summed E-state index contributed by atoms with van der Waals surface area (Å²) in [5.41, 5.74) is 0.353. The Bertz CT molecular complexity index is 829. The van der Waals surface area contributed by atoms with E-state index in [1.807, 2.05) is 0 Å². The zero-order valence-corrected chi connectivity index (χ0v) is 13.0. The molecule has 0 aliphatic heterocycles. The van der Waals surface area contributed by atoms with Crippen molar-refractivity contribution in [3.8, 4) is 17.2 Å². The summed E-state index contributed by atoms with van der Waals surface area (Å²) in [7, 11) is 0. The van der Waals surface area contributed by atoms with E-state index < -0.39 is 41.8 Å². The summed E-state index contributed by atoms with van der Waals surface area (Å²) in [6, 6.07) is 7.55. The Kier molecular flexibility index (Phi) is 5.24. The molecule has 26 heavy (non-hydrogen) atoms. The molecule has 0 radical (unpaired) electrons. The van der Waals surface area contributed by atoms with E-state index in [0.29, 0.717) is 5.56 Å². The van der Waals surface area contributed by atoms with Crippen LogP contribution in [0.3, 0.4) is 0 Å². The van der Waals surface area contributed by atoms with Gasteiger partial charge in [0.15, 0.2) is 17.2 Å². The molecule has 0 heterocycles. The van der Waals surface area contributed by atoms with Crippen molar-refractivity contribution in [2.75, 3.05) is 5.32 Å². The van der Waals surface area contributed by atoms with Crippen LogP contribution in [0.1, 0.15) is 15.9 Å². The highest BCUT2D eigenvalue weighted by Crippen LogP contribution is 2.35. The Morgan fingerprint density at radius 3 is 2.19 bits per heavy atom. The van der Waals surface area contributed by atoms with Crippen LogP contribution < -0.4 is 10.6 Å². The van der Waals surface area contributed by atoms with Crippen molar-refractivity contribution in [2.24, 2.45) is 0 Å². The molecule has 5 N–H and O–H groups in total. The van der Waals surface area contributed by atoms with E-state index in [-0.39, 0.29) is 11.3 Å². The number of anilines is 1. The van der Waals surface area contributed by atoms with Gasteiger partial charge in [-0.05, 0) is 29.8 Å². The molecule has 0 aromatic heterocycles. The highest BCUT2D eigenvalue weighted by molar-refractivity contribution is 6.05. The van der Waals surface area contributed by atoms with Gasteiger partial charge in [-0.15, -0.1) is 0 Å². The van der Waals surface area contributed by atoms with Crippen molar-refractivity contribution < 1.29 is 38.1 Å². The molecule has 10 heteroatoms. The Hall–Kier alpha value is -3.43. The number of phenols is 3. The first-order chi connectivity index (χ1) is 12.1. The van der Waals surface area contributed by atoms with Gasteiger partial charge in [0.2, 0.25) is 0 Å². The molecule has 0 spiro atoms. The van der Waals surface area contributed by atoms with Crippen molar-refractivity contribution in [1.82, 2.24) is 5.32 Å². The molecule has 2 aromatic carbocycles. The normalized spacial score (nSPS) is 11.0. The highest BCUT2D eigenvalue weighted by atomic mass is 19.4. The van der Waals surface area contributed by atoms with Crippen LogP contribution in [0.4, 0.5) is 18.9 Å². The second kappa shape index (κ2) is 7.21. The number of phenolic OH excluding ortho intramolecular Hbond substituents is 3. The van der Waals surface area contributed by atoms with Gasteiger partial charge in [-0.25, -0.2) is 0 Å². The summed E-state index contributed by atoms with van der Waals surface area (Å²) >= 11 is 0. The van der Waals surface area contributed by atoms with Gasteiger partial charge in [0, 0.05) is 17.8 Å². The van der Waals surface area contributed by atoms with Gasteiger partial charge < -0.3 is 26.0 Å². The number of hydrogen-bond donors (Lipinski definition) is 5. The van der Waals surface area contributed by atoms with Crippen LogP contribution in [0.5, 0.6) is 17.2 Å². The van der Waals surface area contributed by atoms with Crippen LogP contribution in [0.15, 0.2) is 36.4 Å². The monoisotopic (exact) mass is 370 g/mol. The van der Waals surface area contributed by atoms with Crippen molar-refractivity contribution in [1.29, 1.82) is 0 Å². The van der Waals surface area contributed by atoms with Gasteiger partial charge in [-0.2, -0.15) is 13.2 Å². The Balaban J connectivity index is 2.08. The number of nitrogens with one attached hydrogen (secondary N) is 2. The summed E-state index contributed by atoms with van der Waals surface area (Å²) in [6.07, 6.45) is -4.99. The zero-order valence-electron chi connectivity index (χ0n) is 13.0. The number of carbonyl (C=O) groups excluding carboxylic acids is 2. The molecule has 2 amide bonds. The minimum absolute atomic E-state index is 0.159. The summed E-state index contributed by atoms with van der Waals surface area (Å²) in [4.78, 5) is 22.9. The van der Waals surface area contributed by atoms with Crippen molar-refractivity contribution in [3.05, 3.63) is 47.5 Å². The first kappa shape index (κ1) is 18.9. The van der Waals surface area contributed by atoms with Gasteiger partial charge in [-0.1, -0.05) is 12.1 Å². The van der Waals surface area contributed by atoms with Gasteiger partial charge in [0.25, 0.3) is 5.91 Å². The largest absolute Gasteiger partial charge is 0.504 e. The lowest BCUT2D eigenvalue weighted by atomic mass is 10.1. The SMILES string of the molecule is O=C(Nc1cccc(CNC(=O)C(F)(F)F)c1)c1cc(O)c(O)c(O)c1. The lowest BCUT2D eigenvalue weighted by Gasteiger charge is -2.10. The molecule has 0 aliphatic carbocycles. The Morgan fingerprint density at radius 1 is 1.00 bits per heavy atom. The fraction of sp³-hybridized carbons (Fsp3) is 0.125. The molecule has 0 saturated heterocycles. The van der Waals surface area contributed by atoms with E-state index in [4.69, 9.17) is 0 Å². The number of rotatable bonds is 4. The molecule has 0 fully saturated rings. The third-order valence-electron chi connectivity index (χ3n) is 3.23. The Morgan fingerprint density at radius 2 is 1.62 bits per heavy atom. The van der Waals surface area contributed by atoms with Crippen molar-refractivity contribution in [3.63, 3.8) is 0 Å². The number of benzene rings is 2. The standard InChI is InChI=1S/C16H13F3N2O5/c17-16(18,19)15(26)20-7-8-2-1-3-10(4-8)21-14(25)9-5-11(22)13(24)12(23)6-9/h1-6,22-24H,7H2,(H,20,26)(H,21,25). The number of hydrogen-bond acceptors (Lipinski definition) is 5. The molecule has 0 unspecified atom stereocenters. The predicted octanol–water partition coefficient (Wildman–Crippen LogP) is 2.23. The van der Waals surface area contributed by atoms with Crippen LogP contribution in [-0.2, 0) is 11.3 Å². The third kappa shape index (κ3) is 4.56. The van der Waals surface area contributed by atoms with Crippen molar-refractivity contribution in [2.45, 2.75) is 12.7 Å². The Labute approximate surface area is 144 Å².